The molecule has 2 bridgehead atoms. The Balaban J connectivity index is 2.25. The van der Waals surface area contributed by atoms with Gasteiger partial charge in [0.1, 0.15) is 5.60 Å². The van der Waals surface area contributed by atoms with Crippen LogP contribution in [0.5, 0.6) is 0 Å². The van der Waals surface area contributed by atoms with Gasteiger partial charge in [0, 0.05) is 5.92 Å². The predicted octanol–water partition coefficient (Wildman–Crippen LogP) is 1.83. The minimum atomic E-state index is -0.978. The van der Waals surface area contributed by atoms with Gasteiger partial charge >= 0.3 is 0 Å². The Hall–Kier alpha value is -0.630. The second-order valence-electron chi connectivity index (χ2n) is 4.23. The molecule has 2 heteroatoms. The van der Waals surface area contributed by atoms with Crippen LogP contribution in [0.3, 0.4) is 0 Å². The third-order valence-corrected chi connectivity index (χ3v) is 3.28. The Kier molecular flexibility index (Phi) is 2.24. The zero-order chi connectivity index (χ0) is 9.31. The van der Waals surface area contributed by atoms with Gasteiger partial charge in [0.05, 0.1) is 0 Å². The number of aliphatic hydroxyl groups is 1. The summed E-state index contributed by atoms with van der Waals surface area (Å²) in [5.74, 6) is 0.193. The van der Waals surface area contributed by atoms with Crippen LogP contribution in [0.25, 0.3) is 0 Å². The van der Waals surface area contributed by atoms with Crippen LogP contribution in [-0.2, 0) is 4.79 Å². The first-order valence-electron chi connectivity index (χ1n) is 5.14. The van der Waals surface area contributed by atoms with Crippen LogP contribution >= 0.6 is 0 Å². The number of ketones is 1. The maximum absolute atomic E-state index is 11.8. The second-order valence-corrected chi connectivity index (χ2v) is 4.23. The fourth-order valence-corrected chi connectivity index (χ4v) is 2.45. The van der Waals surface area contributed by atoms with E-state index in [1.54, 1.807) is 0 Å². The molecule has 0 saturated heterocycles. The summed E-state index contributed by atoms with van der Waals surface area (Å²) in [5, 5.41) is 10.1. The number of carbonyl (C=O) groups excluding carboxylic acids is 1. The average Bonchev–Trinajstić information content (AvgIpc) is 2.12. The summed E-state index contributed by atoms with van der Waals surface area (Å²) >= 11 is 0. The molecule has 2 aliphatic carbocycles. The standard InChI is InChI=1S/C11H16O2/c12-10-9-5-2-1-3-7-11(10,13)8-4-6-9/h1-2,9,13H,3-8H2/b2-1-/t9-,11-/m1/s1. The van der Waals surface area contributed by atoms with Crippen molar-refractivity contribution in [3.05, 3.63) is 12.2 Å². The molecule has 0 aromatic heterocycles. The normalized spacial score (nSPS) is 42.2. The van der Waals surface area contributed by atoms with Gasteiger partial charge in [-0.1, -0.05) is 12.2 Å². The van der Waals surface area contributed by atoms with Crippen LogP contribution < -0.4 is 0 Å². The number of Topliss-reactive ketones (excluding diaryl/α,β-unsaturated/α-hetero) is 1. The third kappa shape index (κ3) is 1.55. The lowest BCUT2D eigenvalue weighted by molar-refractivity contribution is -0.147. The van der Waals surface area contributed by atoms with E-state index in [1.807, 2.05) is 0 Å². The van der Waals surface area contributed by atoms with Gasteiger partial charge in [-0.25, -0.2) is 0 Å². The lowest BCUT2D eigenvalue weighted by atomic mass is 9.72. The van der Waals surface area contributed by atoms with Gasteiger partial charge in [-0.3, -0.25) is 4.79 Å². The first-order valence-corrected chi connectivity index (χ1v) is 5.14. The molecule has 0 unspecified atom stereocenters. The molecule has 1 N–H and O–H groups in total. The van der Waals surface area contributed by atoms with Crippen molar-refractivity contribution in [3.63, 3.8) is 0 Å². The van der Waals surface area contributed by atoms with Crippen molar-refractivity contribution >= 4 is 5.78 Å². The number of hydrogen-bond acceptors (Lipinski definition) is 2. The number of hydrogen-bond donors (Lipinski definition) is 1. The minimum absolute atomic E-state index is 0.0929. The largest absolute Gasteiger partial charge is 0.382 e. The van der Waals surface area contributed by atoms with Gasteiger partial charge < -0.3 is 5.11 Å². The summed E-state index contributed by atoms with van der Waals surface area (Å²) < 4.78 is 0. The van der Waals surface area contributed by atoms with Crippen LogP contribution in [-0.4, -0.2) is 16.5 Å². The fourth-order valence-electron chi connectivity index (χ4n) is 2.45. The Labute approximate surface area is 78.6 Å². The number of rotatable bonds is 0. The molecular weight excluding hydrogens is 164 g/mol. The molecule has 0 radical (unpaired) electrons. The topological polar surface area (TPSA) is 37.3 Å². The first-order chi connectivity index (χ1) is 6.22. The van der Waals surface area contributed by atoms with E-state index in [9.17, 15) is 9.90 Å². The van der Waals surface area contributed by atoms with E-state index < -0.39 is 5.60 Å². The maximum Gasteiger partial charge on any atom is 0.167 e. The predicted molar refractivity (Wildman–Crippen MR) is 50.3 cm³/mol. The SMILES string of the molecule is O=C1[C@@H]2C/C=C\CC[C@@]1(O)CCC2. The molecule has 0 heterocycles. The summed E-state index contributed by atoms with van der Waals surface area (Å²) in [4.78, 5) is 11.8. The highest BCUT2D eigenvalue weighted by molar-refractivity contribution is 5.90. The number of carbonyl (C=O) groups is 1. The van der Waals surface area contributed by atoms with E-state index in [2.05, 4.69) is 12.2 Å². The summed E-state index contributed by atoms with van der Waals surface area (Å²) in [6, 6.07) is 0. The molecule has 1 saturated carbocycles. The van der Waals surface area contributed by atoms with Crippen molar-refractivity contribution < 1.29 is 9.90 Å². The minimum Gasteiger partial charge on any atom is -0.382 e. The Bertz CT molecular complexity index is 244. The summed E-state index contributed by atoms with van der Waals surface area (Å²) in [7, 11) is 0. The quantitative estimate of drug-likeness (QED) is 0.577. The lowest BCUT2D eigenvalue weighted by Gasteiger charge is -2.35. The first kappa shape index (κ1) is 8.95. The molecule has 2 atom stereocenters. The highest BCUT2D eigenvalue weighted by atomic mass is 16.3. The van der Waals surface area contributed by atoms with Gasteiger partial charge in [0.25, 0.3) is 0 Å². The van der Waals surface area contributed by atoms with E-state index in [1.165, 1.54) is 0 Å². The van der Waals surface area contributed by atoms with E-state index in [0.29, 0.717) is 12.8 Å². The zero-order valence-electron chi connectivity index (χ0n) is 7.83. The number of fused-ring (bicyclic) bond motifs is 2. The van der Waals surface area contributed by atoms with E-state index in [-0.39, 0.29) is 11.7 Å². The van der Waals surface area contributed by atoms with Crippen LogP contribution in [0.15, 0.2) is 12.2 Å². The van der Waals surface area contributed by atoms with Crippen LogP contribution in [0.4, 0.5) is 0 Å². The molecule has 0 aromatic carbocycles. The van der Waals surface area contributed by atoms with Gasteiger partial charge in [-0.05, 0) is 38.5 Å². The van der Waals surface area contributed by atoms with Crippen molar-refractivity contribution in [2.24, 2.45) is 5.92 Å². The van der Waals surface area contributed by atoms with Crippen LogP contribution in [0, 0.1) is 5.92 Å². The van der Waals surface area contributed by atoms with Crippen molar-refractivity contribution in [1.29, 1.82) is 0 Å². The smallest absolute Gasteiger partial charge is 0.167 e. The zero-order valence-corrected chi connectivity index (χ0v) is 7.83. The Morgan fingerprint density at radius 2 is 2.23 bits per heavy atom. The average molecular weight is 180 g/mol. The van der Waals surface area contributed by atoms with Crippen molar-refractivity contribution in [2.45, 2.75) is 44.1 Å². The van der Waals surface area contributed by atoms with Crippen LogP contribution in [0.1, 0.15) is 38.5 Å². The molecule has 2 rings (SSSR count). The van der Waals surface area contributed by atoms with E-state index in [4.69, 9.17) is 0 Å². The lowest BCUT2D eigenvalue weighted by Crippen LogP contribution is -2.46. The van der Waals surface area contributed by atoms with E-state index >= 15 is 0 Å². The molecule has 2 nitrogen and oxygen atoms in total. The van der Waals surface area contributed by atoms with Gasteiger partial charge in [0.2, 0.25) is 0 Å². The molecule has 0 amide bonds. The Morgan fingerprint density at radius 3 is 3.08 bits per heavy atom. The van der Waals surface area contributed by atoms with Crippen molar-refractivity contribution in [1.82, 2.24) is 0 Å². The Morgan fingerprint density at radius 1 is 1.38 bits per heavy atom. The summed E-state index contributed by atoms with van der Waals surface area (Å²) in [6.07, 6.45) is 9.13. The molecular formula is C11H16O2. The van der Waals surface area contributed by atoms with Gasteiger partial charge in [-0.15, -0.1) is 0 Å². The molecule has 0 aromatic rings. The fraction of sp³-hybridized carbons (Fsp3) is 0.727. The highest BCUT2D eigenvalue weighted by Crippen LogP contribution is 2.35. The summed E-state index contributed by atoms with van der Waals surface area (Å²) in [5.41, 5.74) is -0.978. The maximum atomic E-state index is 11.8. The molecule has 72 valence electrons. The van der Waals surface area contributed by atoms with Crippen LogP contribution in [0.2, 0.25) is 0 Å². The second kappa shape index (κ2) is 3.26. The third-order valence-electron chi connectivity index (χ3n) is 3.28. The monoisotopic (exact) mass is 180 g/mol. The summed E-state index contributed by atoms with van der Waals surface area (Å²) in [6.45, 7) is 0. The molecule has 13 heavy (non-hydrogen) atoms. The van der Waals surface area contributed by atoms with Crippen molar-refractivity contribution in [3.8, 4) is 0 Å². The number of allylic oxidation sites excluding steroid dienone is 2. The molecule has 0 aliphatic heterocycles. The molecule has 1 fully saturated rings. The highest BCUT2D eigenvalue weighted by Gasteiger charge is 2.42. The van der Waals surface area contributed by atoms with Gasteiger partial charge in [-0.2, -0.15) is 0 Å². The van der Waals surface area contributed by atoms with Gasteiger partial charge in [0.15, 0.2) is 5.78 Å². The van der Waals surface area contributed by atoms with Crippen molar-refractivity contribution in [2.75, 3.05) is 0 Å². The molecule has 2 aliphatic rings. The van der Waals surface area contributed by atoms with E-state index in [0.717, 1.165) is 25.7 Å². The molecule has 0 spiro atoms.